The van der Waals surface area contributed by atoms with Crippen molar-refractivity contribution in [2.24, 2.45) is 0 Å². The zero-order valence-electron chi connectivity index (χ0n) is 11.7. The number of anilines is 1. The highest BCUT2D eigenvalue weighted by Crippen LogP contribution is 2.37. The van der Waals surface area contributed by atoms with E-state index in [9.17, 15) is 23.3 Å². The zero-order chi connectivity index (χ0) is 16.2. The van der Waals surface area contributed by atoms with Gasteiger partial charge in [-0.1, -0.05) is 6.08 Å². The van der Waals surface area contributed by atoms with E-state index in [1.807, 2.05) is 0 Å². The second-order valence-electron chi connectivity index (χ2n) is 4.68. The van der Waals surface area contributed by atoms with Crippen LogP contribution in [0.15, 0.2) is 24.9 Å². The van der Waals surface area contributed by atoms with E-state index in [1.54, 1.807) is 19.9 Å². The Morgan fingerprint density at radius 2 is 2.14 bits per heavy atom. The molecule has 0 bridgehead atoms. The molecule has 0 amide bonds. The van der Waals surface area contributed by atoms with Crippen molar-refractivity contribution in [1.82, 2.24) is 4.98 Å². The fourth-order valence-corrected chi connectivity index (χ4v) is 1.82. The molecule has 0 radical (unpaired) electrons. The van der Waals surface area contributed by atoms with Gasteiger partial charge in [0, 0.05) is 18.7 Å². The molecule has 0 atom stereocenters. The van der Waals surface area contributed by atoms with Crippen LogP contribution in [0.5, 0.6) is 0 Å². The second kappa shape index (κ2) is 6.55. The Balaban J connectivity index is 3.38. The molecular weight excluding hydrogens is 287 g/mol. The lowest BCUT2D eigenvalue weighted by molar-refractivity contribution is -0.385. The van der Waals surface area contributed by atoms with E-state index >= 15 is 0 Å². The highest BCUT2D eigenvalue weighted by atomic mass is 19.4. The van der Waals surface area contributed by atoms with Gasteiger partial charge in [0.15, 0.2) is 0 Å². The summed E-state index contributed by atoms with van der Waals surface area (Å²) in [6.45, 7) is 7.29. The molecule has 0 N–H and O–H groups in total. The summed E-state index contributed by atoms with van der Waals surface area (Å²) in [5.41, 5.74) is -1.78. The maximum Gasteiger partial charge on any atom is 0.420 e. The minimum atomic E-state index is -4.71. The normalized spacial score (nSPS) is 11.5. The topological polar surface area (TPSA) is 59.3 Å². The lowest BCUT2D eigenvalue weighted by atomic mass is 10.2. The first-order valence-electron chi connectivity index (χ1n) is 6.27. The van der Waals surface area contributed by atoms with Gasteiger partial charge in [-0.15, -0.1) is 6.58 Å². The van der Waals surface area contributed by atoms with Crippen LogP contribution in [0.2, 0.25) is 0 Å². The van der Waals surface area contributed by atoms with Crippen LogP contribution in [0.25, 0.3) is 0 Å². The lowest BCUT2D eigenvalue weighted by Crippen LogP contribution is -2.34. The quantitative estimate of drug-likeness (QED) is 0.455. The van der Waals surface area contributed by atoms with E-state index in [-0.39, 0.29) is 11.9 Å². The number of nitrogens with zero attached hydrogens (tertiary/aromatic N) is 3. The van der Waals surface area contributed by atoms with E-state index < -0.39 is 22.4 Å². The van der Waals surface area contributed by atoms with Gasteiger partial charge in [0.25, 0.3) is 5.69 Å². The molecule has 0 saturated heterocycles. The molecule has 1 rings (SSSR count). The molecule has 1 heterocycles. The van der Waals surface area contributed by atoms with Crippen molar-refractivity contribution in [3.8, 4) is 0 Å². The number of alkyl halides is 3. The molecule has 0 aliphatic carbocycles. The maximum atomic E-state index is 13.1. The molecule has 1 aromatic rings. The van der Waals surface area contributed by atoms with Gasteiger partial charge in [-0.25, -0.2) is 4.98 Å². The molecule has 0 saturated carbocycles. The number of nitro groups is 1. The fraction of sp³-hybridized carbons (Fsp3) is 0.462. The summed E-state index contributed by atoms with van der Waals surface area (Å²) in [6.07, 6.45) is -1.80. The number of pyridine rings is 1. The molecule has 1 aromatic heterocycles. The van der Waals surface area contributed by atoms with Crippen LogP contribution in [0.3, 0.4) is 0 Å². The third-order valence-corrected chi connectivity index (χ3v) is 2.84. The SMILES string of the molecule is C=CCCN(c1ncc([N+](=O)[O-])cc1C(F)(F)F)C(C)C. The van der Waals surface area contributed by atoms with Crippen molar-refractivity contribution in [2.75, 3.05) is 11.4 Å². The lowest BCUT2D eigenvalue weighted by Gasteiger charge is -2.29. The van der Waals surface area contributed by atoms with Crippen molar-refractivity contribution in [1.29, 1.82) is 0 Å². The number of hydrogen-bond donors (Lipinski definition) is 0. The third kappa shape index (κ3) is 4.17. The summed E-state index contributed by atoms with van der Waals surface area (Å²) in [5, 5.41) is 10.6. The minimum absolute atomic E-state index is 0.236. The van der Waals surface area contributed by atoms with E-state index in [0.29, 0.717) is 19.0 Å². The van der Waals surface area contributed by atoms with E-state index in [2.05, 4.69) is 11.6 Å². The molecule has 0 fully saturated rings. The van der Waals surface area contributed by atoms with Crippen LogP contribution >= 0.6 is 0 Å². The summed E-state index contributed by atoms with van der Waals surface area (Å²) in [4.78, 5) is 14.9. The molecule has 5 nitrogen and oxygen atoms in total. The molecular formula is C13H16F3N3O2. The average Bonchev–Trinajstić information content (AvgIpc) is 2.37. The van der Waals surface area contributed by atoms with E-state index in [1.165, 1.54) is 4.90 Å². The largest absolute Gasteiger partial charge is 0.420 e. The molecule has 0 aliphatic rings. The number of rotatable bonds is 6. The van der Waals surface area contributed by atoms with E-state index in [4.69, 9.17) is 0 Å². The summed E-state index contributed by atoms with van der Waals surface area (Å²) in [6, 6.07) is 0.283. The smallest absolute Gasteiger partial charge is 0.353 e. The second-order valence-corrected chi connectivity index (χ2v) is 4.68. The zero-order valence-corrected chi connectivity index (χ0v) is 11.7. The van der Waals surface area contributed by atoms with Crippen molar-refractivity contribution >= 4 is 11.5 Å². The Morgan fingerprint density at radius 1 is 1.52 bits per heavy atom. The molecule has 0 spiro atoms. The van der Waals surface area contributed by atoms with Gasteiger partial charge in [0.2, 0.25) is 0 Å². The van der Waals surface area contributed by atoms with Gasteiger partial charge in [-0.05, 0) is 20.3 Å². The van der Waals surface area contributed by atoms with Gasteiger partial charge in [0.05, 0.1) is 4.92 Å². The predicted molar refractivity (Wildman–Crippen MR) is 73.2 cm³/mol. The van der Waals surface area contributed by atoms with Gasteiger partial charge in [0.1, 0.15) is 17.6 Å². The minimum Gasteiger partial charge on any atom is -0.353 e. The van der Waals surface area contributed by atoms with Gasteiger partial charge >= 0.3 is 6.18 Å². The molecule has 8 heteroatoms. The molecule has 0 aliphatic heterocycles. The molecule has 0 aromatic carbocycles. The Kier molecular flexibility index (Phi) is 5.28. The summed E-state index contributed by atoms with van der Waals surface area (Å²) >= 11 is 0. The average molecular weight is 303 g/mol. The van der Waals surface area contributed by atoms with Crippen molar-refractivity contribution in [3.05, 3.63) is 40.6 Å². The maximum absolute atomic E-state index is 13.1. The van der Waals surface area contributed by atoms with Gasteiger partial charge in [-0.2, -0.15) is 13.2 Å². The number of hydrogen-bond acceptors (Lipinski definition) is 4. The first-order chi connectivity index (χ1) is 9.68. The van der Waals surface area contributed by atoms with Crippen LogP contribution in [-0.4, -0.2) is 22.5 Å². The summed E-state index contributed by atoms with van der Waals surface area (Å²) in [5.74, 6) is -0.301. The van der Waals surface area contributed by atoms with E-state index in [0.717, 1.165) is 6.20 Å². The van der Waals surface area contributed by atoms with Crippen LogP contribution < -0.4 is 4.90 Å². The van der Waals surface area contributed by atoms with Crippen molar-refractivity contribution in [2.45, 2.75) is 32.5 Å². The fourth-order valence-electron chi connectivity index (χ4n) is 1.82. The summed E-state index contributed by atoms with van der Waals surface area (Å²) < 4.78 is 39.4. The highest BCUT2D eigenvalue weighted by molar-refractivity contribution is 5.53. The van der Waals surface area contributed by atoms with Crippen LogP contribution in [0.1, 0.15) is 25.8 Å². The molecule has 116 valence electrons. The van der Waals surface area contributed by atoms with Crippen LogP contribution in [0, 0.1) is 10.1 Å². The third-order valence-electron chi connectivity index (χ3n) is 2.84. The Morgan fingerprint density at radius 3 is 2.57 bits per heavy atom. The Labute approximate surface area is 120 Å². The highest BCUT2D eigenvalue weighted by Gasteiger charge is 2.38. The monoisotopic (exact) mass is 303 g/mol. The van der Waals surface area contributed by atoms with Gasteiger partial charge in [-0.3, -0.25) is 10.1 Å². The Hall–Kier alpha value is -2.12. The van der Waals surface area contributed by atoms with Crippen LogP contribution in [-0.2, 0) is 6.18 Å². The molecule has 0 unspecified atom stereocenters. The van der Waals surface area contributed by atoms with Crippen molar-refractivity contribution < 1.29 is 18.1 Å². The van der Waals surface area contributed by atoms with Crippen molar-refractivity contribution in [3.63, 3.8) is 0 Å². The number of halogens is 3. The van der Waals surface area contributed by atoms with Gasteiger partial charge < -0.3 is 4.90 Å². The summed E-state index contributed by atoms with van der Waals surface area (Å²) in [7, 11) is 0. The standard InChI is InChI=1S/C13H16F3N3O2/c1-4-5-6-18(9(2)3)12-11(13(14,15)16)7-10(8-17-12)19(20)21/h4,7-9H,1,5-6H2,2-3H3. The molecule has 21 heavy (non-hydrogen) atoms. The Bertz CT molecular complexity index is 530. The number of aromatic nitrogens is 1. The predicted octanol–water partition coefficient (Wildman–Crippen LogP) is 3.80. The first-order valence-corrected chi connectivity index (χ1v) is 6.27. The van der Waals surface area contributed by atoms with Crippen LogP contribution in [0.4, 0.5) is 24.7 Å². The first kappa shape index (κ1) is 16.9.